The fourth-order valence-electron chi connectivity index (χ4n) is 2.83. The first kappa shape index (κ1) is 18.1. The van der Waals surface area contributed by atoms with Crippen molar-refractivity contribution in [3.63, 3.8) is 0 Å². The second-order valence-electron chi connectivity index (χ2n) is 6.06. The zero-order chi connectivity index (χ0) is 18.4. The molecule has 0 unspecified atom stereocenters. The number of amides is 1. The Bertz CT molecular complexity index is 763. The average molecular weight is 356 g/mol. The summed E-state index contributed by atoms with van der Waals surface area (Å²) in [4.78, 5) is 14.5. The molecule has 1 N–H and O–H groups in total. The summed E-state index contributed by atoms with van der Waals surface area (Å²) in [5.74, 6) is 2.13. The lowest BCUT2D eigenvalue weighted by atomic mass is 10.2. The van der Waals surface area contributed by atoms with E-state index in [0.29, 0.717) is 43.5 Å². The van der Waals surface area contributed by atoms with Crippen LogP contribution in [0.2, 0.25) is 0 Å². The fourth-order valence-corrected chi connectivity index (χ4v) is 2.83. The molecule has 2 aromatic rings. The maximum absolute atomic E-state index is 12.4. The molecule has 0 aromatic heterocycles. The van der Waals surface area contributed by atoms with Crippen LogP contribution < -0.4 is 19.5 Å². The Morgan fingerprint density at radius 1 is 1.15 bits per heavy atom. The summed E-state index contributed by atoms with van der Waals surface area (Å²) in [5, 5.41) is 2.92. The van der Waals surface area contributed by atoms with Crippen LogP contribution in [0.25, 0.3) is 0 Å². The Hall–Kier alpha value is -2.73. The van der Waals surface area contributed by atoms with Crippen molar-refractivity contribution in [2.24, 2.45) is 0 Å². The van der Waals surface area contributed by atoms with Gasteiger partial charge in [-0.15, -0.1) is 0 Å². The predicted octanol–water partition coefficient (Wildman–Crippen LogP) is 2.93. The van der Waals surface area contributed by atoms with Gasteiger partial charge < -0.3 is 19.5 Å². The second-order valence-corrected chi connectivity index (χ2v) is 6.06. The Morgan fingerprint density at radius 3 is 2.73 bits per heavy atom. The molecule has 0 bridgehead atoms. The number of rotatable bonds is 7. The highest BCUT2D eigenvalue weighted by atomic mass is 16.6. The molecule has 6 heteroatoms. The van der Waals surface area contributed by atoms with Crippen molar-refractivity contribution in [3.8, 4) is 17.2 Å². The van der Waals surface area contributed by atoms with Crippen LogP contribution in [0.4, 0.5) is 5.69 Å². The van der Waals surface area contributed by atoms with Gasteiger partial charge in [0.1, 0.15) is 19.0 Å². The van der Waals surface area contributed by atoms with Crippen LogP contribution in [-0.4, -0.2) is 44.2 Å². The zero-order valence-corrected chi connectivity index (χ0v) is 15.2. The third-order valence-corrected chi connectivity index (χ3v) is 4.18. The quantitative estimate of drug-likeness (QED) is 0.827. The number of hydrogen-bond acceptors (Lipinski definition) is 5. The Labute approximate surface area is 153 Å². The van der Waals surface area contributed by atoms with E-state index in [1.54, 1.807) is 13.2 Å². The van der Waals surface area contributed by atoms with Crippen molar-refractivity contribution in [1.29, 1.82) is 0 Å². The fraction of sp³-hybridized carbons (Fsp3) is 0.350. The molecule has 0 spiro atoms. The smallest absolute Gasteiger partial charge is 0.238 e. The highest BCUT2D eigenvalue weighted by Gasteiger charge is 2.14. The largest absolute Gasteiger partial charge is 0.497 e. The van der Waals surface area contributed by atoms with Gasteiger partial charge in [0, 0.05) is 18.3 Å². The zero-order valence-electron chi connectivity index (χ0n) is 15.2. The summed E-state index contributed by atoms with van der Waals surface area (Å²) in [7, 11) is 1.65. The lowest BCUT2D eigenvalue weighted by molar-refractivity contribution is -0.117. The summed E-state index contributed by atoms with van der Waals surface area (Å²) in [6, 6.07) is 13.3. The summed E-state index contributed by atoms with van der Waals surface area (Å²) in [5.41, 5.74) is 1.81. The van der Waals surface area contributed by atoms with Crippen LogP contribution >= 0.6 is 0 Å². The highest BCUT2D eigenvalue weighted by molar-refractivity contribution is 5.92. The molecule has 0 saturated carbocycles. The molecule has 1 aliphatic heterocycles. The molecule has 1 aliphatic rings. The predicted molar refractivity (Wildman–Crippen MR) is 100 cm³/mol. The van der Waals surface area contributed by atoms with Gasteiger partial charge in [-0.25, -0.2) is 0 Å². The molecular formula is C20H24N2O4. The van der Waals surface area contributed by atoms with Crippen LogP contribution in [0.5, 0.6) is 17.2 Å². The Kier molecular flexibility index (Phi) is 5.96. The number of hydrogen-bond donors (Lipinski definition) is 1. The van der Waals surface area contributed by atoms with Gasteiger partial charge in [-0.1, -0.05) is 19.1 Å². The highest BCUT2D eigenvalue weighted by Crippen LogP contribution is 2.32. The summed E-state index contributed by atoms with van der Waals surface area (Å²) < 4.78 is 16.3. The lowest BCUT2D eigenvalue weighted by Crippen LogP contribution is -2.32. The van der Waals surface area contributed by atoms with Crippen LogP contribution in [0, 0.1) is 0 Å². The van der Waals surface area contributed by atoms with Crippen molar-refractivity contribution >= 4 is 11.6 Å². The molecule has 2 aromatic carbocycles. The van der Waals surface area contributed by atoms with E-state index in [0.717, 1.165) is 17.9 Å². The van der Waals surface area contributed by atoms with Gasteiger partial charge in [-0.2, -0.15) is 0 Å². The normalized spacial score (nSPS) is 12.7. The van der Waals surface area contributed by atoms with Gasteiger partial charge in [0.25, 0.3) is 0 Å². The molecule has 0 saturated heterocycles. The van der Waals surface area contributed by atoms with Crippen molar-refractivity contribution in [2.45, 2.75) is 13.5 Å². The first-order valence-electron chi connectivity index (χ1n) is 8.72. The standard InChI is InChI=1S/C20H24N2O4/c1-3-22(13-15-5-4-6-17(11-15)24-2)14-20(23)21-16-7-8-18-19(12-16)26-10-9-25-18/h4-8,11-12H,3,9-10,13-14H2,1-2H3,(H,21,23). The van der Waals surface area contributed by atoms with E-state index >= 15 is 0 Å². The maximum Gasteiger partial charge on any atom is 0.238 e. The van der Waals surface area contributed by atoms with Gasteiger partial charge >= 0.3 is 0 Å². The molecule has 3 rings (SSSR count). The molecule has 0 aliphatic carbocycles. The number of anilines is 1. The van der Waals surface area contributed by atoms with E-state index in [4.69, 9.17) is 14.2 Å². The molecule has 0 fully saturated rings. The van der Waals surface area contributed by atoms with Crippen molar-refractivity contribution in [2.75, 3.05) is 38.7 Å². The molecule has 26 heavy (non-hydrogen) atoms. The number of benzene rings is 2. The minimum absolute atomic E-state index is 0.0635. The average Bonchev–Trinajstić information content (AvgIpc) is 2.67. The summed E-state index contributed by atoms with van der Waals surface area (Å²) in [6.45, 7) is 4.87. The van der Waals surface area contributed by atoms with E-state index in [1.807, 2.05) is 43.3 Å². The molecule has 1 amide bonds. The van der Waals surface area contributed by atoms with Gasteiger partial charge in [-0.3, -0.25) is 9.69 Å². The SMILES string of the molecule is CCN(CC(=O)Nc1ccc2c(c1)OCCO2)Cc1cccc(OC)c1. The third kappa shape index (κ3) is 4.67. The van der Waals surface area contributed by atoms with E-state index < -0.39 is 0 Å². The monoisotopic (exact) mass is 356 g/mol. The molecule has 6 nitrogen and oxygen atoms in total. The summed E-state index contributed by atoms with van der Waals surface area (Å²) >= 11 is 0. The molecule has 0 radical (unpaired) electrons. The molecule has 1 heterocycles. The number of carbonyl (C=O) groups excluding carboxylic acids is 1. The minimum Gasteiger partial charge on any atom is -0.497 e. The summed E-state index contributed by atoms with van der Waals surface area (Å²) in [6.07, 6.45) is 0. The number of carbonyl (C=O) groups is 1. The molecule has 138 valence electrons. The van der Waals surface area contributed by atoms with E-state index in [1.165, 1.54) is 0 Å². The van der Waals surface area contributed by atoms with Crippen LogP contribution in [0.1, 0.15) is 12.5 Å². The van der Waals surface area contributed by atoms with E-state index in [2.05, 4.69) is 10.2 Å². The lowest BCUT2D eigenvalue weighted by Gasteiger charge is -2.21. The van der Waals surface area contributed by atoms with Crippen LogP contribution in [-0.2, 0) is 11.3 Å². The third-order valence-electron chi connectivity index (χ3n) is 4.18. The Balaban J connectivity index is 1.58. The number of methoxy groups -OCH3 is 1. The first-order chi connectivity index (χ1) is 12.7. The Morgan fingerprint density at radius 2 is 1.96 bits per heavy atom. The first-order valence-corrected chi connectivity index (χ1v) is 8.72. The number of nitrogens with zero attached hydrogens (tertiary/aromatic N) is 1. The topological polar surface area (TPSA) is 60.0 Å². The second kappa shape index (κ2) is 8.58. The number of likely N-dealkylation sites (N-methyl/N-ethyl adjacent to an activating group) is 1. The van der Waals surface area contributed by atoms with Crippen molar-refractivity contribution in [1.82, 2.24) is 4.90 Å². The van der Waals surface area contributed by atoms with Crippen molar-refractivity contribution in [3.05, 3.63) is 48.0 Å². The van der Waals surface area contributed by atoms with Gasteiger partial charge in [0.05, 0.1) is 13.7 Å². The van der Waals surface area contributed by atoms with E-state index in [-0.39, 0.29) is 5.91 Å². The van der Waals surface area contributed by atoms with Crippen LogP contribution in [0.3, 0.4) is 0 Å². The van der Waals surface area contributed by atoms with Crippen molar-refractivity contribution < 1.29 is 19.0 Å². The number of nitrogens with one attached hydrogen (secondary N) is 1. The van der Waals surface area contributed by atoms with Gasteiger partial charge in [-0.05, 0) is 36.4 Å². The molecular weight excluding hydrogens is 332 g/mol. The van der Waals surface area contributed by atoms with E-state index in [9.17, 15) is 4.79 Å². The van der Waals surface area contributed by atoms with Gasteiger partial charge in [0.15, 0.2) is 11.5 Å². The molecule has 0 atom stereocenters. The van der Waals surface area contributed by atoms with Crippen LogP contribution in [0.15, 0.2) is 42.5 Å². The minimum atomic E-state index is -0.0635. The number of fused-ring (bicyclic) bond motifs is 1. The number of ether oxygens (including phenoxy) is 3. The maximum atomic E-state index is 12.4. The van der Waals surface area contributed by atoms with Gasteiger partial charge in [0.2, 0.25) is 5.91 Å².